The summed E-state index contributed by atoms with van der Waals surface area (Å²) < 4.78 is 42.8. The molecule has 13 heteroatoms. The summed E-state index contributed by atoms with van der Waals surface area (Å²) in [5.74, 6) is -2.65. The van der Waals surface area contributed by atoms with E-state index in [-0.39, 0.29) is 30.9 Å². The van der Waals surface area contributed by atoms with Crippen LogP contribution < -0.4 is 15.5 Å². The molecule has 2 aromatic rings. The summed E-state index contributed by atoms with van der Waals surface area (Å²) in [5.41, 5.74) is 0.901. The second-order valence-corrected chi connectivity index (χ2v) is 8.12. The van der Waals surface area contributed by atoms with Gasteiger partial charge in [0.2, 0.25) is 5.82 Å². The van der Waals surface area contributed by atoms with Crippen LogP contribution in [0.2, 0.25) is 0 Å². The molecular weight excluding hydrogens is 422 g/mol. The number of aromatic nitrogens is 3. The summed E-state index contributed by atoms with van der Waals surface area (Å²) in [6.45, 7) is 1.84. The molecule has 1 atom stereocenters. The normalized spacial score (nSPS) is 20.6. The van der Waals surface area contributed by atoms with E-state index in [9.17, 15) is 13.6 Å². The Kier molecular flexibility index (Phi) is 6.11. The van der Waals surface area contributed by atoms with Crippen molar-refractivity contribution in [2.45, 2.75) is 37.8 Å². The van der Waals surface area contributed by atoms with Crippen molar-refractivity contribution in [3.05, 3.63) is 16.4 Å². The third-order valence-electron chi connectivity index (χ3n) is 4.80. The van der Waals surface area contributed by atoms with Crippen LogP contribution in [0.3, 0.4) is 0 Å². The molecule has 30 heavy (non-hydrogen) atoms. The van der Waals surface area contributed by atoms with E-state index in [2.05, 4.69) is 25.8 Å². The fraction of sp³-hybridized carbons (Fsp3) is 0.647. The van der Waals surface area contributed by atoms with E-state index in [0.717, 1.165) is 10.6 Å². The van der Waals surface area contributed by atoms with Gasteiger partial charge in [-0.05, 0) is 0 Å². The standard InChI is InChI=1S/C17H22F2N6O4S/c1-27-7-4-20-14(26)23-15-21-10-2-5-25(9-12(10)30-15)16-22-13(24-29-16)11-8-17(18,19)3-6-28-11/h11H,2-9H2,1H3,(H2,20,21,23,26). The number of nitrogens with zero attached hydrogens (tertiary/aromatic N) is 4. The average Bonchev–Trinajstić information content (AvgIpc) is 3.33. The van der Waals surface area contributed by atoms with E-state index in [0.29, 0.717) is 37.8 Å². The average molecular weight is 444 g/mol. The molecule has 4 heterocycles. The number of amides is 2. The summed E-state index contributed by atoms with van der Waals surface area (Å²) in [6.07, 6.45) is -0.988. The summed E-state index contributed by atoms with van der Waals surface area (Å²) in [7, 11) is 1.56. The van der Waals surface area contributed by atoms with E-state index < -0.39 is 18.4 Å². The zero-order valence-electron chi connectivity index (χ0n) is 16.3. The number of hydrogen-bond acceptors (Lipinski definition) is 9. The van der Waals surface area contributed by atoms with Gasteiger partial charge < -0.3 is 24.2 Å². The van der Waals surface area contributed by atoms with Crippen molar-refractivity contribution in [3.8, 4) is 0 Å². The molecule has 2 aromatic heterocycles. The maximum atomic E-state index is 13.6. The zero-order valence-corrected chi connectivity index (χ0v) is 17.1. The molecule has 0 spiro atoms. The van der Waals surface area contributed by atoms with Crippen LogP contribution >= 0.6 is 11.3 Å². The van der Waals surface area contributed by atoms with Gasteiger partial charge in [0.05, 0.1) is 25.5 Å². The van der Waals surface area contributed by atoms with Gasteiger partial charge in [-0.1, -0.05) is 16.5 Å². The van der Waals surface area contributed by atoms with Gasteiger partial charge in [0.15, 0.2) is 5.13 Å². The minimum absolute atomic E-state index is 0.0374. The van der Waals surface area contributed by atoms with Gasteiger partial charge in [0.25, 0.3) is 5.92 Å². The minimum Gasteiger partial charge on any atom is -0.383 e. The molecule has 0 aliphatic carbocycles. The van der Waals surface area contributed by atoms with E-state index in [1.54, 1.807) is 7.11 Å². The van der Waals surface area contributed by atoms with Gasteiger partial charge in [-0.3, -0.25) is 5.32 Å². The molecule has 2 aliphatic heterocycles. The minimum atomic E-state index is -2.79. The molecule has 4 rings (SSSR count). The van der Waals surface area contributed by atoms with Crippen molar-refractivity contribution < 1.29 is 27.6 Å². The highest BCUT2D eigenvalue weighted by Gasteiger charge is 2.40. The van der Waals surface area contributed by atoms with E-state index in [1.807, 2.05) is 4.90 Å². The number of fused-ring (bicyclic) bond motifs is 1. The van der Waals surface area contributed by atoms with Crippen molar-refractivity contribution in [2.24, 2.45) is 0 Å². The van der Waals surface area contributed by atoms with Crippen molar-refractivity contribution >= 4 is 28.5 Å². The Morgan fingerprint density at radius 2 is 2.30 bits per heavy atom. The maximum absolute atomic E-state index is 13.6. The van der Waals surface area contributed by atoms with Crippen molar-refractivity contribution in [2.75, 3.05) is 43.6 Å². The quantitative estimate of drug-likeness (QED) is 0.653. The molecule has 1 fully saturated rings. The number of methoxy groups -OCH3 is 1. The summed E-state index contributed by atoms with van der Waals surface area (Å²) >= 11 is 1.37. The smallest absolute Gasteiger partial charge is 0.324 e. The Labute approximate surface area is 174 Å². The van der Waals surface area contributed by atoms with Crippen LogP contribution in [0.25, 0.3) is 0 Å². The third kappa shape index (κ3) is 4.84. The predicted molar refractivity (Wildman–Crippen MR) is 103 cm³/mol. The Morgan fingerprint density at radius 1 is 1.43 bits per heavy atom. The Morgan fingerprint density at radius 3 is 3.10 bits per heavy atom. The second kappa shape index (κ2) is 8.78. The maximum Gasteiger partial charge on any atom is 0.324 e. The molecule has 1 saturated heterocycles. The van der Waals surface area contributed by atoms with Crippen molar-refractivity contribution in [1.82, 2.24) is 20.4 Å². The van der Waals surface area contributed by atoms with Gasteiger partial charge in [0, 0.05) is 44.3 Å². The highest BCUT2D eigenvalue weighted by atomic mass is 32.1. The van der Waals surface area contributed by atoms with Gasteiger partial charge in [-0.15, -0.1) is 0 Å². The van der Waals surface area contributed by atoms with Crippen LogP contribution in [0.5, 0.6) is 0 Å². The number of ether oxygens (including phenoxy) is 2. The summed E-state index contributed by atoms with van der Waals surface area (Å²) in [6, 6.07) is -0.0887. The lowest BCUT2D eigenvalue weighted by molar-refractivity contribution is -0.131. The van der Waals surface area contributed by atoms with Gasteiger partial charge in [-0.25, -0.2) is 18.6 Å². The summed E-state index contributed by atoms with van der Waals surface area (Å²) in [5, 5.41) is 9.72. The third-order valence-corrected chi connectivity index (χ3v) is 5.80. The van der Waals surface area contributed by atoms with Crippen LogP contribution in [-0.4, -0.2) is 60.5 Å². The molecule has 0 bridgehead atoms. The Balaban J connectivity index is 1.37. The molecule has 1 unspecified atom stereocenters. The highest BCUT2D eigenvalue weighted by molar-refractivity contribution is 7.15. The lowest BCUT2D eigenvalue weighted by Crippen LogP contribution is -2.31. The predicted octanol–water partition coefficient (Wildman–Crippen LogP) is 2.34. The van der Waals surface area contributed by atoms with Crippen molar-refractivity contribution in [1.29, 1.82) is 0 Å². The monoisotopic (exact) mass is 444 g/mol. The number of carbonyl (C=O) groups excluding carboxylic acids is 1. The topological polar surface area (TPSA) is 115 Å². The molecule has 0 aromatic carbocycles. The fourth-order valence-electron chi connectivity index (χ4n) is 3.25. The zero-order chi connectivity index (χ0) is 21.1. The summed E-state index contributed by atoms with van der Waals surface area (Å²) in [4.78, 5) is 23.4. The highest BCUT2D eigenvalue weighted by Crippen LogP contribution is 2.37. The first-order valence-electron chi connectivity index (χ1n) is 9.54. The molecule has 0 saturated carbocycles. The van der Waals surface area contributed by atoms with Crippen LogP contribution in [0.4, 0.5) is 24.7 Å². The molecule has 0 radical (unpaired) electrons. The molecule has 2 N–H and O–H groups in total. The number of anilines is 2. The number of hydrogen-bond donors (Lipinski definition) is 2. The number of thiazole rings is 1. The first kappa shape index (κ1) is 20.9. The Bertz CT molecular complexity index is 891. The number of nitrogens with one attached hydrogen (secondary N) is 2. The number of urea groups is 1. The van der Waals surface area contributed by atoms with Crippen molar-refractivity contribution in [3.63, 3.8) is 0 Å². The second-order valence-electron chi connectivity index (χ2n) is 7.04. The SMILES string of the molecule is COCCNC(=O)Nc1nc2c(s1)CN(c1nc(C3CC(F)(F)CCO3)no1)CC2. The van der Waals surface area contributed by atoms with Gasteiger partial charge >= 0.3 is 12.0 Å². The largest absolute Gasteiger partial charge is 0.383 e. The lowest BCUT2D eigenvalue weighted by Gasteiger charge is -2.27. The molecular formula is C17H22F2N6O4S. The first-order valence-corrected chi connectivity index (χ1v) is 10.4. The molecule has 2 aliphatic rings. The number of carbonyl (C=O) groups is 1. The van der Waals surface area contributed by atoms with Gasteiger partial charge in [0.1, 0.15) is 6.10 Å². The number of halogens is 2. The first-order chi connectivity index (χ1) is 14.4. The molecule has 164 valence electrons. The van der Waals surface area contributed by atoms with Crippen LogP contribution in [0.1, 0.15) is 35.3 Å². The van der Waals surface area contributed by atoms with Crippen LogP contribution in [0.15, 0.2) is 4.52 Å². The van der Waals surface area contributed by atoms with Gasteiger partial charge in [-0.2, -0.15) is 4.98 Å². The van der Waals surface area contributed by atoms with E-state index in [1.165, 1.54) is 11.3 Å². The lowest BCUT2D eigenvalue weighted by atomic mass is 10.0. The number of rotatable bonds is 6. The number of alkyl halides is 2. The van der Waals surface area contributed by atoms with Crippen LogP contribution in [0, 0.1) is 0 Å². The molecule has 2 amide bonds. The Hall–Kier alpha value is -2.38. The fourth-order valence-corrected chi connectivity index (χ4v) is 4.27. The molecule has 10 nitrogen and oxygen atoms in total. The van der Waals surface area contributed by atoms with E-state index >= 15 is 0 Å². The van der Waals surface area contributed by atoms with E-state index in [4.69, 9.17) is 14.0 Å². The van der Waals surface area contributed by atoms with Crippen LogP contribution in [-0.2, 0) is 22.4 Å².